The maximum atomic E-state index is 12.8. The van der Waals surface area contributed by atoms with Gasteiger partial charge in [0.1, 0.15) is 5.82 Å². The molecule has 0 bridgehead atoms. The van der Waals surface area contributed by atoms with Gasteiger partial charge in [-0.3, -0.25) is 4.79 Å². The second-order valence-electron chi connectivity index (χ2n) is 4.66. The molecular weight excluding hydrogens is 269 g/mol. The zero-order valence-electron chi connectivity index (χ0n) is 11.9. The number of halogens is 1. The fourth-order valence-corrected chi connectivity index (χ4v) is 1.83. The molecule has 1 N–H and O–H groups in total. The Hall–Kier alpha value is -2.69. The Morgan fingerprint density at radius 3 is 2.48 bits per heavy atom. The van der Waals surface area contributed by atoms with Crippen LogP contribution in [0.4, 0.5) is 10.1 Å². The van der Waals surface area contributed by atoms with E-state index in [9.17, 15) is 9.18 Å². The van der Waals surface area contributed by atoms with Crippen molar-refractivity contribution >= 4 is 17.8 Å². The first-order valence-electron chi connectivity index (χ1n) is 6.43. The molecule has 0 aromatic heterocycles. The highest BCUT2D eigenvalue weighted by Gasteiger charge is 2.10. The first kappa shape index (κ1) is 14.7. The van der Waals surface area contributed by atoms with Gasteiger partial charge < -0.3 is 4.90 Å². The molecule has 0 unspecified atom stereocenters. The van der Waals surface area contributed by atoms with Crippen LogP contribution in [0.5, 0.6) is 0 Å². The molecule has 0 aliphatic heterocycles. The molecule has 0 radical (unpaired) electrons. The minimum atomic E-state index is -0.309. The van der Waals surface area contributed by atoms with Gasteiger partial charge in [-0.15, -0.1) is 0 Å². The maximum absolute atomic E-state index is 12.8. The summed E-state index contributed by atoms with van der Waals surface area (Å²) in [6.45, 7) is 0. The van der Waals surface area contributed by atoms with E-state index < -0.39 is 0 Å². The molecule has 0 saturated heterocycles. The van der Waals surface area contributed by atoms with E-state index >= 15 is 0 Å². The smallest absolute Gasteiger partial charge is 0.273 e. The van der Waals surface area contributed by atoms with Gasteiger partial charge in [0, 0.05) is 19.8 Å². The standard InChI is InChI=1S/C16H16FN3O/c1-20(2)15-6-4-3-5-14(15)16(21)19-18-11-12-7-9-13(17)10-8-12/h3-11H,1-2H3,(H,19,21)/b18-11+. The lowest BCUT2D eigenvalue weighted by Crippen LogP contribution is -2.21. The molecule has 0 atom stereocenters. The first-order chi connectivity index (χ1) is 10.1. The van der Waals surface area contributed by atoms with Crippen LogP contribution in [0.25, 0.3) is 0 Å². The Morgan fingerprint density at radius 1 is 1.14 bits per heavy atom. The number of anilines is 1. The minimum absolute atomic E-state index is 0.294. The first-order valence-corrected chi connectivity index (χ1v) is 6.43. The molecule has 21 heavy (non-hydrogen) atoms. The number of para-hydroxylation sites is 1. The average molecular weight is 285 g/mol. The third-order valence-electron chi connectivity index (χ3n) is 2.88. The van der Waals surface area contributed by atoms with Gasteiger partial charge in [-0.2, -0.15) is 5.10 Å². The van der Waals surface area contributed by atoms with Gasteiger partial charge in [-0.25, -0.2) is 9.82 Å². The van der Waals surface area contributed by atoms with Gasteiger partial charge in [0.2, 0.25) is 0 Å². The Kier molecular flexibility index (Phi) is 4.66. The van der Waals surface area contributed by atoms with E-state index in [0.717, 1.165) is 5.69 Å². The average Bonchev–Trinajstić information content (AvgIpc) is 2.49. The number of nitrogens with zero attached hydrogens (tertiary/aromatic N) is 2. The molecule has 108 valence electrons. The molecule has 0 fully saturated rings. The Bertz CT molecular complexity index is 651. The van der Waals surface area contributed by atoms with Crippen molar-refractivity contribution in [2.75, 3.05) is 19.0 Å². The highest BCUT2D eigenvalue weighted by Crippen LogP contribution is 2.17. The van der Waals surface area contributed by atoms with Crippen molar-refractivity contribution in [3.8, 4) is 0 Å². The van der Waals surface area contributed by atoms with Gasteiger partial charge in [-0.1, -0.05) is 24.3 Å². The highest BCUT2D eigenvalue weighted by atomic mass is 19.1. The van der Waals surface area contributed by atoms with Gasteiger partial charge in [0.25, 0.3) is 5.91 Å². The van der Waals surface area contributed by atoms with E-state index in [-0.39, 0.29) is 11.7 Å². The maximum Gasteiger partial charge on any atom is 0.273 e. The summed E-state index contributed by atoms with van der Waals surface area (Å²) in [5.41, 5.74) is 4.53. The lowest BCUT2D eigenvalue weighted by atomic mass is 10.1. The van der Waals surface area contributed by atoms with Crippen molar-refractivity contribution in [3.05, 3.63) is 65.5 Å². The zero-order valence-corrected chi connectivity index (χ0v) is 11.9. The predicted octanol–water partition coefficient (Wildman–Crippen LogP) is 2.66. The molecule has 2 aromatic rings. The molecule has 4 nitrogen and oxygen atoms in total. The molecule has 5 heteroatoms. The van der Waals surface area contributed by atoms with Gasteiger partial charge in [0.15, 0.2) is 0 Å². The molecule has 0 aliphatic rings. The summed E-state index contributed by atoms with van der Waals surface area (Å²) >= 11 is 0. The van der Waals surface area contributed by atoms with Crippen LogP contribution in [0.2, 0.25) is 0 Å². The Labute approximate surface area is 122 Å². The van der Waals surface area contributed by atoms with E-state index in [4.69, 9.17) is 0 Å². The molecule has 2 rings (SSSR count). The molecule has 0 saturated carbocycles. The Balaban J connectivity index is 2.07. The van der Waals surface area contributed by atoms with Crippen LogP contribution in [0.1, 0.15) is 15.9 Å². The van der Waals surface area contributed by atoms with Gasteiger partial charge >= 0.3 is 0 Å². The van der Waals surface area contributed by atoms with Crippen molar-refractivity contribution < 1.29 is 9.18 Å². The topological polar surface area (TPSA) is 44.7 Å². The number of carbonyl (C=O) groups is 1. The lowest BCUT2D eigenvalue weighted by molar-refractivity contribution is 0.0955. The second-order valence-corrected chi connectivity index (χ2v) is 4.66. The van der Waals surface area contributed by atoms with Crippen LogP contribution in [-0.2, 0) is 0 Å². The van der Waals surface area contributed by atoms with Crippen LogP contribution >= 0.6 is 0 Å². The summed E-state index contributed by atoms with van der Waals surface area (Å²) in [5, 5.41) is 3.88. The minimum Gasteiger partial charge on any atom is -0.377 e. The Morgan fingerprint density at radius 2 is 1.81 bits per heavy atom. The number of hydrogen-bond donors (Lipinski definition) is 1. The van der Waals surface area contributed by atoms with Crippen molar-refractivity contribution in [1.29, 1.82) is 0 Å². The quantitative estimate of drug-likeness (QED) is 0.693. The largest absolute Gasteiger partial charge is 0.377 e. The SMILES string of the molecule is CN(C)c1ccccc1C(=O)N/N=C/c1ccc(F)cc1. The fraction of sp³-hybridized carbons (Fsp3) is 0.125. The summed E-state index contributed by atoms with van der Waals surface area (Å²) in [5.74, 6) is -0.603. The summed E-state index contributed by atoms with van der Waals surface area (Å²) in [7, 11) is 3.74. The number of nitrogens with one attached hydrogen (secondary N) is 1. The number of amides is 1. The number of benzene rings is 2. The molecule has 2 aromatic carbocycles. The second kappa shape index (κ2) is 6.65. The van der Waals surface area contributed by atoms with Gasteiger partial charge in [-0.05, 0) is 29.8 Å². The molecular formula is C16H16FN3O. The van der Waals surface area contributed by atoms with Crippen LogP contribution in [-0.4, -0.2) is 26.2 Å². The van der Waals surface area contributed by atoms with E-state index in [1.165, 1.54) is 18.3 Å². The highest BCUT2D eigenvalue weighted by molar-refractivity contribution is 6.00. The van der Waals surface area contributed by atoms with E-state index in [2.05, 4.69) is 10.5 Å². The third-order valence-corrected chi connectivity index (χ3v) is 2.88. The number of hydrazone groups is 1. The lowest BCUT2D eigenvalue weighted by Gasteiger charge is -2.15. The van der Waals surface area contributed by atoms with Crippen molar-refractivity contribution in [1.82, 2.24) is 5.43 Å². The van der Waals surface area contributed by atoms with Crippen LogP contribution in [0, 0.1) is 5.82 Å². The molecule has 0 heterocycles. The number of rotatable bonds is 4. The molecule has 0 spiro atoms. The van der Waals surface area contributed by atoms with Crippen molar-refractivity contribution in [2.45, 2.75) is 0 Å². The fourth-order valence-electron chi connectivity index (χ4n) is 1.83. The predicted molar refractivity (Wildman–Crippen MR) is 82.2 cm³/mol. The summed E-state index contributed by atoms with van der Waals surface area (Å²) < 4.78 is 12.8. The van der Waals surface area contributed by atoms with E-state index in [1.807, 2.05) is 31.1 Å². The molecule has 0 aliphatic carbocycles. The van der Waals surface area contributed by atoms with Gasteiger partial charge in [0.05, 0.1) is 11.8 Å². The monoisotopic (exact) mass is 285 g/mol. The summed E-state index contributed by atoms with van der Waals surface area (Å²) in [6.07, 6.45) is 1.47. The van der Waals surface area contributed by atoms with Crippen molar-refractivity contribution in [2.24, 2.45) is 5.10 Å². The van der Waals surface area contributed by atoms with E-state index in [0.29, 0.717) is 11.1 Å². The van der Waals surface area contributed by atoms with Crippen LogP contribution in [0.3, 0.4) is 0 Å². The summed E-state index contributed by atoms with van der Waals surface area (Å²) in [4.78, 5) is 14.0. The molecule has 1 amide bonds. The van der Waals surface area contributed by atoms with E-state index in [1.54, 1.807) is 24.3 Å². The number of hydrogen-bond acceptors (Lipinski definition) is 3. The van der Waals surface area contributed by atoms with Crippen LogP contribution in [0.15, 0.2) is 53.6 Å². The number of carbonyl (C=O) groups excluding carboxylic acids is 1. The van der Waals surface area contributed by atoms with Crippen molar-refractivity contribution in [3.63, 3.8) is 0 Å². The zero-order chi connectivity index (χ0) is 15.2. The van der Waals surface area contributed by atoms with Crippen LogP contribution < -0.4 is 10.3 Å². The third kappa shape index (κ3) is 3.89. The normalized spacial score (nSPS) is 10.6. The summed E-state index contributed by atoms with van der Waals surface area (Å²) in [6, 6.07) is 13.1.